The maximum Gasteiger partial charge on any atom is 0.159 e. The first-order valence-electron chi connectivity index (χ1n) is 15.4. The molecule has 10 rings (SSSR count). The molecule has 45 heavy (non-hydrogen) atoms. The Hall–Kier alpha value is -6.06. The summed E-state index contributed by atoms with van der Waals surface area (Å²) in [5, 5.41) is 7.25. The number of hydrogen-bond acceptors (Lipinski definition) is 1. The molecule has 0 aliphatic heterocycles. The molecular formula is C42H26N2O. The van der Waals surface area contributed by atoms with Gasteiger partial charge in [-0.15, -0.1) is 0 Å². The predicted molar refractivity (Wildman–Crippen MR) is 188 cm³/mol. The van der Waals surface area contributed by atoms with Gasteiger partial charge in [0.1, 0.15) is 5.58 Å². The van der Waals surface area contributed by atoms with E-state index in [0.29, 0.717) is 0 Å². The van der Waals surface area contributed by atoms with E-state index in [2.05, 4.69) is 155 Å². The van der Waals surface area contributed by atoms with E-state index in [-0.39, 0.29) is 0 Å². The zero-order valence-electron chi connectivity index (χ0n) is 24.3. The first-order valence-corrected chi connectivity index (χ1v) is 15.4. The van der Waals surface area contributed by atoms with Crippen molar-refractivity contribution in [1.29, 1.82) is 0 Å². The molecule has 0 unspecified atom stereocenters. The summed E-state index contributed by atoms with van der Waals surface area (Å²) < 4.78 is 11.3. The Balaban J connectivity index is 1.22. The number of para-hydroxylation sites is 5. The molecule has 0 atom stereocenters. The van der Waals surface area contributed by atoms with Crippen LogP contribution in [0.4, 0.5) is 0 Å². The molecular weight excluding hydrogens is 548 g/mol. The Kier molecular flexibility index (Phi) is 5.00. The third kappa shape index (κ3) is 3.46. The van der Waals surface area contributed by atoms with Crippen LogP contribution in [-0.4, -0.2) is 9.13 Å². The van der Waals surface area contributed by atoms with E-state index in [9.17, 15) is 0 Å². The average molecular weight is 575 g/mol. The van der Waals surface area contributed by atoms with E-state index in [1.54, 1.807) is 0 Å². The van der Waals surface area contributed by atoms with Gasteiger partial charge in [-0.05, 0) is 59.7 Å². The molecule has 0 aliphatic carbocycles. The van der Waals surface area contributed by atoms with Crippen LogP contribution in [0.5, 0.6) is 0 Å². The van der Waals surface area contributed by atoms with Gasteiger partial charge in [-0.1, -0.05) is 109 Å². The zero-order chi connectivity index (χ0) is 29.5. The van der Waals surface area contributed by atoms with Gasteiger partial charge in [0.2, 0.25) is 0 Å². The summed E-state index contributed by atoms with van der Waals surface area (Å²) in [5.41, 5.74) is 11.1. The lowest BCUT2D eigenvalue weighted by Gasteiger charge is -2.12. The molecule has 0 radical (unpaired) electrons. The van der Waals surface area contributed by atoms with Crippen LogP contribution in [0.2, 0.25) is 0 Å². The molecule has 3 heteroatoms. The molecule has 0 spiro atoms. The smallest absolute Gasteiger partial charge is 0.159 e. The highest BCUT2D eigenvalue weighted by atomic mass is 16.3. The topological polar surface area (TPSA) is 23.0 Å². The summed E-state index contributed by atoms with van der Waals surface area (Å²) in [6.07, 6.45) is 0. The number of aromatic nitrogens is 2. The molecule has 10 aromatic rings. The van der Waals surface area contributed by atoms with E-state index in [1.165, 1.54) is 43.7 Å². The van der Waals surface area contributed by atoms with E-state index < -0.39 is 0 Å². The number of nitrogens with zero attached hydrogens (tertiary/aromatic N) is 2. The van der Waals surface area contributed by atoms with E-state index >= 15 is 0 Å². The van der Waals surface area contributed by atoms with Gasteiger partial charge < -0.3 is 13.6 Å². The minimum absolute atomic E-state index is 0.903. The van der Waals surface area contributed by atoms with Crippen molar-refractivity contribution in [3.8, 4) is 22.5 Å². The van der Waals surface area contributed by atoms with E-state index in [1.807, 2.05) is 12.1 Å². The standard InChI is InChI=1S/C42H26N2O/c1-5-18-36-30(13-1)31-14-2-6-19-37(31)43(36)29-12-9-11-27(25-29)28-23-24-33-32-15-3-7-20-38(32)44(40(33)26-28)39-21-10-17-35-34-16-4-8-22-41(34)45-42(35)39/h1-26H. The second-order valence-electron chi connectivity index (χ2n) is 11.8. The van der Waals surface area contributed by atoms with Gasteiger partial charge in [0, 0.05) is 38.0 Å². The second-order valence-corrected chi connectivity index (χ2v) is 11.8. The number of rotatable bonds is 3. The molecule has 3 heterocycles. The van der Waals surface area contributed by atoms with Crippen molar-refractivity contribution in [3.05, 3.63) is 158 Å². The number of benzene rings is 7. The third-order valence-corrected chi connectivity index (χ3v) is 9.32. The van der Waals surface area contributed by atoms with Gasteiger partial charge in [0.15, 0.2) is 5.58 Å². The normalized spacial score (nSPS) is 12.0. The summed E-state index contributed by atoms with van der Waals surface area (Å²) in [6, 6.07) is 56.5. The Morgan fingerprint density at radius 1 is 0.356 bits per heavy atom. The number of hydrogen-bond donors (Lipinski definition) is 0. The molecule has 210 valence electrons. The van der Waals surface area contributed by atoms with Crippen molar-refractivity contribution < 1.29 is 4.42 Å². The summed E-state index contributed by atoms with van der Waals surface area (Å²) in [5.74, 6) is 0. The summed E-state index contributed by atoms with van der Waals surface area (Å²) >= 11 is 0. The van der Waals surface area contributed by atoms with Crippen LogP contribution >= 0.6 is 0 Å². The van der Waals surface area contributed by atoms with Gasteiger partial charge in [-0.3, -0.25) is 0 Å². The highest BCUT2D eigenvalue weighted by Gasteiger charge is 2.18. The largest absolute Gasteiger partial charge is 0.454 e. The fraction of sp³-hybridized carbons (Fsp3) is 0. The van der Waals surface area contributed by atoms with Gasteiger partial charge in [-0.2, -0.15) is 0 Å². The summed E-state index contributed by atoms with van der Waals surface area (Å²) in [6.45, 7) is 0. The maximum atomic E-state index is 6.52. The van der Waals surface area contributed by atoms with Crippen molar-refractivity contribution in [3.63, 3.8) is 0 Å². The van der Waals surface area contributed by atoms with Crippen LogP contribution < -0.4 is 0 Å². The second kappa shape index (κ2) is 9.22. The molecule has 0 saturated carbocycles. The van der Waals surface area contributed by atoms with Crippen LogP contribution in [0.25, 0.3) is 88.1 Å². The first kappa shape index (κ1) is 24.4. The van der Waals surface area contributed by atoms with Gasteiger partial charge >= 0.3 is 0 Å². The fourth-order valence-electron chi connectivity index (χ4n) is 7.34. The summed E-state index contributed by atoms with van der Waals surface area (Å²) in [7, 11) is 0. The third-order valence-electron chi connectivity index (χ3n) is 9.32. The molecule has 0 N–H and O–H groups in total. The fourth-order valence-corrected chi connectivity index (χ4v) is 7.34. The monoisotopic (exact) mass is 574 g/mol. The van der Waals surface area contributed by atoms with Crippen molar-refractivity contribution in [2.45, 2.75) is 0 Å². The Morgan fingerprint density at radius 2 is 0.911 bits per heavy atom. The summed E-state index contributed by atoms with van der Waals surface area (Å²) in [4.78, 5) is 0. The lowest BCUT2D eigenvalue weighted by molar-refractivity contribution is 0.666. The minimum atomic E-state index is 0.903. The molecule has 3 aromatic heterocycles. The Bertz CT molecular complexity index is 2720. The quantitative estimate of drug-likeness (QED) is 0.206. The van der Waals surface area contributed by atoms with E-state index in [4.69, 9.17) is 4.42 Å². The highest BCUT2D eigenvalue weighted by molar-refractivity contribution is 6.13. The zero-order valence-corrected chi connectivity index (χ0v) is 24.3. The highest BCUT2D eigenvalue weighted by Crippen LogP contribution is 2.40. The van der Waals surface area contributed by atoms with Crippen molar-refractivity contribution in [2.75, 3.05) is 0 Å². The lowest BCUT2D eigenvalue weighted by Crippen LogP contribution is -1.95. The van der Waals surface area contributed by atoms with Gasteiger partial charge in [0.05, 0.1) is 27.8 Å². The van der Waals surface area contributed by atoms with Crippen molar-refractivity contribution in [1.82, 2.24) is 9.13 Å². The van der Waals surface area contributed by atoms with E-state index in [0.717, 1.165) is 44.3 Å². The van der Waals surface area contributed by atoms with Gasteiger partial charge in [0.25, 0.3) is 0 Å². The van der Waals surface area contributed by atoms with Crippen LogP contribution in [0.3, 0.4) is 0 Å². The van der Waals surface area contributed by atoms with Crippen molar-refractivity contribution in [2.24, 2.45) is 0 Å². The Labute approximate surface area is 258 Å². The first-order chi connectivity index (χ1) is 22.3. The molecule has 0 fully saturated rings. The maximum absolute atomic E-state index is 6.52. The molecule has 0 saturated heterocycles. The lowest BCUT2D eigenvalue weighted by atomic mass is 10.0. The minimum Gasteiger partial charge on any atom is -0.454 e. The van der Waals surface area contributed by atoms with Crippen LogP contribution in [0.15, 0.2) is 162 Å². The predicted octanol–water partition coefficient (Wildman–Crippen LogP) is 11.4. The SMILES string of the molecule is c1cc(-c2ccc3c4ccccc4n(-c4cccc5c4oc4ccccc45)c3c2)cc(-n2c3ccccc3c3ccccc32)c1. The number of furan rings is 1. The molecule has 0 bridgehead atoms. The van der Waals surface area contributed by atoms with Crippen LogP contribution in [0.1, 0.15) is 0 Å². The molecule has 7 aromatic carbocycles. The van der Waals surface area contributed by atoms with Crippen LogP contribution in [0, 0.1) is 0 Å². The Morgan fingerprint density at radius 3 is 1.64 bits per heavy atom. The van der Waals surface area contributed by atoms with Crippen LogP contribution in [-0.2, 0) is 0 Å². The van der Waals surface area contributed by atoms with Gasteiger partial charge in [-0.25, -0.2) is 0 Å². The number of fused-ring (bicyclic) bond motifs is 9. The van der Waals surface area contributed by atoms with Crippen molar-refractivity contribution >= 4 is 65.6 Å². The molecule has 0 amide bonds. The average Bonchev–Trinajstić information content (AvgIpc) is 3.76. The molecule has 3 nitrogen and oxygen atoms in total. The molecule has 0 aliphatic rings.